The molecule has 0 bridgehead atoms. The number of nitrogens with zero attached hydrogens (tertiary/aromatic N) is 4. The minimum atomic E-state index is -0.970. The number of nitrogens with one attached hydrogen (secondary N) is 2. The quantitative estimate of drug-likeness (QED) is 0.509. The Morgan fingerprint density at radius 3 is 2.68 bits per heavy atom. The second-order valence-electron chi connectivity index (χ2n) is 9.46. The first kappa shape index (κ1) is 23.7. The highest BCUT2D eigenvalue weighted by Gasteiger charge is 2.28. The zero-order valence-corrected chi connectivity index (χ0v) is 20.6. The third-order valence-electron chi connectivity index (χ3n) is 5.74. The second kappa shape index (κ2) is 9.09. The number of pyridine rings is 1. The van der Waals surface area contributed by atoms with Gasteiger partial charge in [-0.15, -0.1) is 0 Å². The Morgan fingerprint density at radius 2 is 1.97 bits per heavy atom. The first-order valence-corrected chi connectivity index (χ1v) is 11.8. The topological polar surface area (TPSA) is 122 Å². The maximum Gasteiger partial charge on any atom is 0.335 e. The number of amides is 1. The predicted molar refractivity (Wildman–Crippen MR) is 135 cm³/mol. The SMILES string of the molecule is CC(NC(=O)c1cc2c(cn1)ncn2C)C1CN=C(Nc2cc(C(=O)O)cc(C(C)(C)C)c2)S1. The van der Waals surface area contributed by atoms with Crippen molar-refractivity contribution in [2.75, 3.05) is 11.9 Å². The van der Waals surface area contributed by atoms with Gasteiger partial charge in [-0.2, -0.15) is 0 Å². The largest absolute Gasteiger partial charge is 0.478 e. The van der Waals surface area contributed by atoms with E-state index in [0.717, 1.165) is 16.6 Å². The van der Waals surface area contributed by atoms with E-state index in [1.54, 1.807) is 30.7 Å². The Hall–Kier alpha value is -3.40. The molecule has 0 radical (unpaired) electrons. The Balaban J connectivity index is 1.41. The number of aliphatic imine (C=N–C) groups is 1. The first-order chi connectivity index (χ1) is 16.0. The number of hydrogen-bond acceptors (Lipinski definition) is 7. The zero-order chi connectivity index (χ0) is 24.6. The summed E-state index contributed by atoms with van der Waals surface area (Å²) in [6, 6.07) is 6.85. The lowest BCUT2D eigenvalue weighted by Crippen LogP contribution is -2.40. The van der Waals surface area contributed by atoms with E-state index in [1.165, 1.54) is 11.8 Å². The number of benzene rings is 1. The number of imidazole rings is 1. The maximum absolute atomic E-state index is 12.8. The first-order valence-electron chi connectivity index (χ1n) is 11.0. The summed E-state index contributed by atoms with van der Waals surface area (Å²) in [4.78, 5) is 37.4. The molecule has 3 aromatic rings. The molecule has 0 fully saturated rings. The second-order valence-corrected chi connectivity index (χ2v) is 10.7. The van der Waals surface area contributed by atoms with Crippen molar-refractivity contribution in [3.63, 3.8) is 0 Å². The van der Waals surface area contributed by atoms with Crippen LogP contribution in [0.5, 0.6) is 0 Å². The van der Waals surface area contributed by atoms with Gasteiger partial charge in [-0.05, 0) is 42.2 Å². The number of aromatic carboxylic acids is 1. The number of fused-ring (bicyclic) bond motifs is 1. The average Bonchev–Trinajstić information content (AvgIpc) is 3.39. The Morgan fingerprint density at radius 1 is 1.21 bits per heavy atom. The lowest BCUT2D eigenvalue weighted by atomic mass is 9.86. The van der Waals surface area contributed by atoms with Gasteiger partial charge in [0.25, 0.3) is 5.91 Å². The van der Waals surface area contributed by atoms with E-state index in [1.807, 2.05) is 45.4 Å². The van der Waals surface area contributed by atoms with Crippen molar-refractivity contribution in [3.8, 4) is 0 Å². The normalized spacial score (nSPS) is 16.9. The number of aromatic nitrogens is 3. The molecule has 1 amide bonds. The van der Waals surface area contributed by atoms with Crippen LogP contribution in [0.2, 0.25) is 0 Å². The number of amidine groups is 1. The highest BCUT2D eigenvalue weighted by Crippen LogP contribution is 2.29. The van der Waals surface area contributed by atoms with Crippen molar-refractivity contribution in [2.45, 2.75) is 44.4 Å². The standard InChI is InChI=1S/C24H28N6O3S/c1-13(28-21(31)17-9-19-18(10-25-17)27-12-30(19)5)20-11-26-23(34-20)29-16-7-14(22(32)33)6-15(8-16)24(2,3)4/h6-10,12-13,20H,11H2,1-5H3,(H,26,29)(H,28,31)(H,32,33). The van der Waals surface area contributed by atoms with Crippen LogP contribution >= 0.6 is 11.8 Å². The van der Waals surface area contributed by atoms with E-state index < -0.39 is 5.97 Å². The van der Waals surface area contributed by atoms with Crippen LogP contribution in [-0.4, -0.2) is 54.5 Å². The van der Waals surface area contributed by atoms with Crippen molar-refractivity contribution in [3.05, 3.63) is 53.6 Å². The maximum atomic E-state index is 12.8. The molecule has 1 aliphatic rings. The predicted octanol–water partition coefficient (Wildman–Crippen LogP) is 3.67. The molecular weight excluding hydrogens is 452 g/mol. The zero-order valence-electron chi connectivity index (χ0n) is 19.8. The number of carbonyl (C=O) groups is 2. The summed E-state index contributed by atoms with van der Waals surface area (Å²) in [6.45, 7) is 8.61. The number of rotatable bonds is 5. The van der Waals surface area contributed by atoms with Crippen LogP contribution in [0.4, 0.5) is 5.69 Å². The summed E-state index contributed by atoms with van der Waals surface area (Å²) in [6.07, 6.45) is 3.29. The van der Waals surface area contributed by atoms with Gasteiger partial charge in [0, 0.05) is 18.8 Å². The third kappa shape index (κ3) is 5.06. The van der Waals surface area contributed by atoms with E-state index in [4.69, 9.17) is 0 Å². The van der Waals surface area contributed by atoms with Crippen molar-refractivity contribution >= 4 is 45.5 Å². The van der Waals surface area contributed by atoms with Gasteiger partial charge in [0.1, 0.15) is 11.2 Å². The molecule has 1 aromatic carbocycles. The van der Waals surface area contributed by atoms with Gasteiger partial charge >= 0.3 is 5.97 Å². The number of carbonyl (C=O) groups excluding carboxylic acids is 1. The van der Waals surface area contributed by atoms with E-state index in [-0.39, 0.29) is 28.2 Å². The lowest BCUT2D eigenvalue weighted by Gasteiger charge is -2.21. The minimum absolute atomic E-state index is 0.0385. The van der Waals surface area contributed by atoms with Crippen LogP contribution in [0.1, 0.15) is 54.1 Å². The average molecular weight is 481 g/mol. The van der Waals surface area contributed by atoms with Gasteiger partial charge in [-0.25, -0.2) is 14.8 Å². The van der Waals surface area contributed by atoms with Gasteiger partial charge < -0.3 is 20.3 Å². The number of carboxylic acid groups (broad SMARTS) is 1. The number of hydrogen-bond donors (Lipinski definition) is 3. The van der Waals surface area contributed by atoms with Crippen LogP contribution in [-0.2, 0) is 12.5 Å². The number of carboxylic acids is 1. The number of anilines is 1. The molecule has 10 heteroatoms. The smallest absolute Gasteiger partial charge is 0.335 e. The van der Waals surface area contributed by atoms with Crippen LogP contribution in [0, 0.1) is 0 Å². The van der Waals surface area contributed by atoms with Crippen molar-refractivity contribution in [1.29, 1.82) is 0 Å². The molecule has 1 aliphatic heterocycles. The van der Waals surface area contributed by atoms with Crippen LogP contribution < -0.4 is 10.6 Å². The van der Waals surface area contributed by atoms with Crippen molar-refractivity contribution in [1.82, 2.24) is 19.9 Å². The van der Waals surface area contributed by atoms with E-state index >= 15 is 0 Å². The third-order valence-corrected chi connectivity index (χ3v) is 7.05. The fraction of sp³-hybridized carbons (Fsp3) is 0.375. The summed E-state index contributed by atoms with van der Waals surface area (Å²) >= 11 is 1.53. The summed E-state index contributed by atoms with van der Waals surface area (Å²) in [5.41, 5.74) is 3.57. The summed E-state index contributed by atoms with van der Waals surface area (Å²) < 4.78 is 1.85. The summed E-state index contributed by atoms with van der Waals surface area (Å²) in [5, 5.41) is 16.5. The summed E-state index contributed by atoms with van der Waals surface area (Å²) in [7, 11) is 1.87. The van der Waals surface area contributed by atoms with Gasteiger partial charge in [0.15, 0.2) is 5.17 Å². The molecule has 0 spiro atoms. The molecule has 178 valence electrons. The molecule has 0 saturated heterocycles. The van der Waals surface area contributed by atoms with Gasteiger partial charge in [0.05, 0.1) is 35.4 Å². The highest BCUT2D eigenvalue weighted by molar-refractivity contribution is 8.15. The Kier molecular flexibility index (Phi) is 6.35. The van der Waals surface area contributed by atoms with Gasteiger partial charge in [0.2, 0.25) is 0 Å². The summed E-state index contributed by atoms with van der Waals surface area (Å²) in [5.74, 6) is -1.22. The van der Waals surface area contributed by atoms with Gasteiger partial charge in [-0.1, -0.05) is 32.5 Å². The molecular formula is C24H28N6O3S. The Labute approximate surface area is 202 Å². The fourth-order valence-corrected chi connectivity index (χ4v) is 4.66. The molecule has 2 unspecified atom stereocenters. The van der Waals surface area contributed by atoms with E-state index in [2.05, 4.69) is 25.6 Å². The molecule has 3 heterocycles. The molecule has 0 aliphatic carbocycles. The highest BCUT2D eigenvalue weighted by atomic mass is 32.2. The van der Waals surface area contributed by atoms with E-state index in [9.17, 15) is 14.7 Å². The molecule has 2 aromatic heterocycles. The van der Waals surface area contributed by atoms with E-state index in [0.29, 0.717) is 23.1 Å². The van der Waals surface area contributed by atoms with Crippen molar-refractivity contribution in [2.24, 2.45) is 12.0 Å². The monoisotopic (exact) mass is 480 g/mol. The number of thioether (sulfide) groups is 1. The molecule has 34 heavy (non-hydrogen) atoms. The molecule has 3 N–H and O–H groups in total. The van der Waals surface area contributed by atoms with Crippen molar-refractivity contribution < 1.29 is 14.7 Å². The molecule has 9 nitrogen and oxygen atoms in total. The molecule has 0 saturated carbocycles. The van der Waals surface area contributed by atoms with Crippen LogP contribution in [0.25, 0.3) is 11.0 Å². The van der Waals surface area contributed by atoms with Crippen LogP contribution in [0.15, 0.2) is 41.8 Å². The van der Waals surface area contributed by atoms with Gasteiger partial charge in [-0.3, -0.25) is 9.79 Å². The lowest BCUT2D eigenvalue weighted by molar-refractivity contribution is 0.0696. The van der Waals surface area contributed by atoms with Crippen LogP contribution in [0.3, 0.4) is 0 Å². The fourth-order valence-electron chi connectivity index (χ4n) is 3.63. The minimum Gasteiger partial charge on any atom is -0.478 e. The molecule has 4 rings (SSSR count). The molecule has 2 atom stereocenters. The number of aryl methyl sites for hydroxylation is 1. The Bertz CT molecular complexity index is 1290.